The van der Waals surface area contributed by atoms with Crippen molar-refractivity contribution in [1.29, 1.82) is 0 Å². The lowest BCUT2D eigenvalue weighted by Crippen LogP contribution is -2.32. The van der Waals surface area contributed by atoms with Gasteiger partial charge in [0.05, 0.1) is 0 Å². The number of hydrogen-bond donors (Lipinski definition) is 1. The van der Waals surface area contributed by atoms with Gasteiger partial charge in [-0.05, 0) is 12.5 Å². The molecule has 92 valence electrons. The second kappa shape index (κ2) is 5.89. The maximum Gasteiger partial charge on any atom is 0.410 e. The van der Waals surface area contributed by atoms with E-state index in [9.17, 15) is 9.59 Å². The molecule has 0 aliphatic carbocycles. The van der Waals surface area contributed by atoms with Crippen molar-refractivity contribution < 1.29 is 19.4 Å². The summed E-state index contributed by atoms with van der Waals surface area (Å²) >= 11 is 0. The summed E-state index contributed by atoms with van der Waals surface area (Å²) in [6.45, 7) is 1.72. The first-order chi connectivity index (χ1) is 7.99. The molecule has 5 nitrogen and oxygen atoms in total. The first kappa shape index (κ1) is 13.0. The summed E-state index contributed by atoms with van der Waals surface area (Å²) in [5.74, 6) is -1.07. The Morgan fingerprint density at radius 3 is 2.71 bits per heavy atom. The lowest BCUT2D eigenvalue weighted by molar-refractivity contribution is -0.137. The molecule has 0 aliphatic rings. The number of ether oxygens (including phenoxy) is 1. The van der Waals surface area contributed by atoms with E-state index in [2.05, 4.69) is 0 Å². The largest absolute Gasteiger partial charge is 0.480 e. The van der Waals surface area contributed by atoms with Gasteiger partial charge in [0.2, 0.25) is 0 Å². The minimum Gasteiger partial charge on any atom is -0.480 e. The van der Waals surface area contributed by atoms with E-state index < -0.39 is 12.1 Å². The number of aryl methyl sites for hydroxylation is 1. The monoisotopic (exact) mass is 237 g/mol. The van der Waals surface area contributed by atoms with E-state index in [4.69, 9.17) is 9.84 Å². The van der Waals surface area contributed by atoms with Gasteiger partial charge in [-0.15, -0.1) is 0 Å². The molecule has 0 heterocycles. The first-order valence-corrected chi connectivity index (χ1v) is 5.14. The Bertz CT molecular complexity index is 417. The Labute approximate surface area is 99.6 Å². The highest BCUT2D eigenvalue weighted by atomic mass is 16.6. The molecule has 1 amide bonds. The highest BCUT2D eigenvalue weighted by Crippen LogP contribution is 2.06. The summed E-state index contributed by atoms with van der Waals surface area (Å²) in [4.78, 5) is 22.8. The minimum atomic E-state index is -1.07. The van der Waals surface area contributed by atoms with Crippen molar-refractivity contribution in [2.75, 3.05) is 13.6 Å². The molecule has 0 saturated carbocycles. The van der Waals surface area contributed by atoms with E-state index in [1.165, 1.54) is 7.05 Å². The summed E-state index contributed by atoms with van der Waals surface area (Å²) in [5, 5.41) is 8.50. The van der Waals surface area contributed by atoms with Gasteiger partial charge in [-0.1, -0.05) is 29.8 Å². The van der Waals surface area contributed by atoms with Crippen LogP contribution < -0.4 is 0 Å². The third-order valence-corrected chi connectivity index (χ3v) is 2.13. The first-order valence-electron chi connectivity index (χ1n) is 5.14. The SMILES string of the molecule is Cc1cccc(COC(=O)N(C)CC(=O)O)c1. The van der Waals surface area contributed by atoms with E-state index in [1.807, 2.05) is 31.2 Å². The molecule has 0 bridgehead atoms. The van der Waals surface area contributed by atoms with Gasteiger partial charge in [0.25, 0.3) is 0 Å². The fourth-order valence-corrected chi connectivity index (χ4v) is 1.32. The van der Waals surface area contributed by atoms with Crippen molar-refractivity contribution in [2.24, 2.45) is 0 Å². The Balaban J connectivity index is 2.45. The van der Waals surface area contributed by atoms with Crippen LogP contribution in [-0.4, -0.2) is 35.7 Å². The summed E-state index contributed by atoms with van der Waals surface area (Å²) in [5.41, 5.74) is 1.96. The number of benzene rings is 1. The second-order valence-corrected chi connectivity index (χ2v) is 3.79. The van der Waals surface area contributed by atoms with Crippen LogP contribution in [0.15, 0.2) is 24.3 Å². The van der Waals surface area contributed by atoms with E-state index in [0.29, 0.717) is 0 Å². The number of carbonyl (C=O) groups excluding carboxylic acids is 1. The van der Waals surface area contributed by atoms with Gasteiger partial charge in [-0.2, -0.15) is 0 Å². The second-order valence-electron chi connectivity index (χ2n) is 3.79. The number of rotatable bonds is 4. The molecule has 0 unspecified atom stereocenters. The molecule has 0 saturated heterocycles. The van der Waals surface area contributed by atoms with Gasteiger partial charge < -0.3 is 14.7 Å². The Hall–Kier alpha value is -2.04. The van der Waals surface area contributed by atoms with Gasteiger partial charge in [-0.25, -0.2) is 4.79 Å². The van der Waals surface area contributed by atoms with Crippen LogP contribution in [0.2, 0.25) is 0 Å². The van der Waals surface area contributed by atoms with Crippen molar-refractivity contribution in [3.05, 3.63) is 35.4 Å². The van der Waals surface area contributed by atoms with E-state index in [0.717, 1.165) is 16.0 Å². The molecule has 0 aromatic heterocycles. The zero-order valence-corrected chi connectivity index (χ0v) is 9.84. The maximum absolute atomic E-state index is 11.4. The zero-order valence-electron chi connectivity index (χ0n) is 9.84. The fraction of sp³-hybridized carbons (Fsp3) is 0.333. The number of carbonyl (C=O) groups is 2. The number of carboxylic acid groups (broad SMARTS) is 1. The molecule has 0 radical (unpaired) electrons. The minimum absolute atomic E-state index is 0.143. The summed E-state index contributed by atoms with van der Waals surface area (Å²) in [6.07, 6.45) is -0.645. The quantitative estimate of drug-likeness (QED) is 0.864. The van der Waals surface area contributed by atoms with Crippen LogP contribution in [0.25, 0.3) is 0 Å². The molecule has 17 heavy (non-hydrogen) atoms. The smallest absolute Gasteiger partial charge is 0.410 e. The normalized spacial score (nSPS) is 9.76. The summed E-state index contributed by atoms with van der Waals surface area (Å²) in [7, 11) is 1.38. The number of aliphatic carboxylic acids is 1. The predicted molar refractivity (Wildman–Crippen MR) is 61.6 cm³/mol. The molecule has 0 aliphatic heterocycles. The number of amides is 1. The van der Waals surface area contributed by atoms with Gasteiger partial charge >= 0.3 is 12.1 Å². The van der Waals surface area contributed by atoms with E-state index in [-0.39, 0.29) is 13.2 Å². The molecule has 5 heteroatoms. The van der Waals surface area contributed by atoms with Crippen LogP contribution >= 0.6 is 0 Å². The van der Waals surface area contributed by atoms with Gasteiger partial charge in [0.15, 0.2) is 0 Å². The molecular formula is C12H15NO4. The van der Waals surface area contributed by atoms with Gasteiger partial charge in [0.1, 0.15) is 13.2 Å². The molecule has 0 spiro atoms. The third kappa shape index (κ3) is 4.55. The molecule has 1 aromatic rings. The van der Waals surface area contributed by atoms with Crippen LogP contribution in [0, 0.1) is 6.92 Å². The van der Waals surface area contributed by atoms with E-state index in [1.54, 1.807) is 0 Å². The third-order valence-electron chi connectivity index (χ3n) is 2.13. The number of carboxylic acids is 1. The lowest BCUT2D eigenvalue weighted by Gasteiger charge is -2.14. The number of hydrogen-bond acceptors (Lipinski definition) is 3. The highest BCUT2D eigenvalue weighted by molar-refractivity contribution is 5.76. The van der Waals surface area contributed by atoms with Crippen molar-refractivity contribution in [3.63, 3.8) is 0 Å². The Morgan fingerprint density at radius 1 is 1.41 bits per heavy atom. The fourth-order valence-electron chi connectivity index (χ4n) is 1.32. The molecule has 1 rings (SSSR count). The average molecular weight is 237 g/mol. The van der Waals surface area contributed by atoms with Crippen LogP contribution in [-0.2, 0) is 16.1 Å². The Kier molecular flexibility index (Phi) is 4.51. The number of likely N-dealkylation sites (N-methyl/N-ethyl adjacent to an activating group) is 1. The molecule has 1 aromatic carbocycles. The van der Waals surface area contributed by atoms with Crippen LogP contribution in [0.4, 0.5) is 4.79 Å². The van der Waals surface area contributed by atoms with E-state index >= 15 is 0 Å². The maximum atomic E-state index is 11.4. The molecular weight excluding hydrogens is 222 g/mol. The summed E-state index contributed by atoms with van der Waals surface area (Å²) < 4.78 is 4.97. The van der Waals surface area contributed by atoms with Crippen LogP contribution in [0.5, 0.6) is 0 Å². The highest BCUT2D eigenvalue weighted by Gasteiger charge is 2.13. The average Bonchev–Trinajstić information content (AvgIpc) is 2.25. The summed E-state index contributed by atoms with van der Waals surface area (Å²) in [6, 6.07) is 7.57. The molecule has 0 atom stereocenters. The molecule has 0 fully saturated rings. The lowest BCUT2D eigenvalue weighted by atomic mass is 10.1. The van der Waals surface area contributed by atoms with Gasteiger partial charge in [0, 0.05) is 7.05 Å². The number of nitrogens with zero attached hydrogens (tertiary/aromatic N) is 1. The topological polar surface area (TPSA) is 66.8 Å². The van der Waals surface area contributed by atoms with Crippen LogP contribution in [0.3, 0.4) is 0 Å². The predicted octanol–water partition coefficient (Wildman–Crippen LogP) is 1.65. The van der Waals surface area contributed by atoms with Crippen molar-refractivity contribution in [1.82, 2.24) is 4.90 Å². The zero-order chi connectivity index (χ0) is 12.8. The van der Waals surface area contributed by atoms with Crippen molar-refractivity contribution >= 4 is 12.1 Å². The molecule has 1 N–H and O–H groups in total. The van der Waals surface area contributed by atoms with Crippen molar-refractivity contribution in [2.45, 2.75) is 13.5 Å². The Morgan fingerprint density at radius 2 is 2.12 bits per heavy atom. The van der Waals surface area contributed by atoms with Crippen LogP contribution in [0.1, 0.15) is 11.1 Å². The van der Waals surface area contributed by atoms with Crippen molar-refractivity contribution in [3.8, 4) is 0 Å². The van der Waals surface area contributed by atoms with Gasteiger partial charge in [-0.3, -0.25) is 4.79 Å². The standard InChI is InChI=1S/C12H15NO4/c1-9-4-3-5-10(6-9)8-17-12(16)13(2)7-11(14)15/h3-6H,7-8H2,1-2H3,(H,14,15).